The molecule has 1 aromatic carbocycles. The second-order valence-corrected chi connectivity index (χ2v) is 5.54. The molecule has 0 radical (unpaired) electrons. The van der Waals surface area contributed by atoms with Crippen molar-refractivity contribution in [1.82, 2.24) is 5.32 Å². The molecule has 2 amide bonds. The summed E-state index contributed by atoms with van der Waals surface area (Å²) < 4.78 is 5.17. The van der Waals surface area contributed by atoms with Crippen molar-refractivity contribution in [2.45, 2.75) is 38.6 Å². The molecule has 0 saturated heterocycles. The summed E-state index contributed by atoms with van der Waals surface area (Å²) in [6, 6.07) is 6.85. The number of hydrogen-bond donors (Lipinski definition) is 2. The van der Waals surface area contributed by atoms with Crippen molar-refractivity contribution in [3.63, 3.8) is 0 Å². The van der Waals surface area contributed by atoms with Crippen molar-refractivity contribution in [3.05, 3.63) is 40.2 Å². The lowest BCUT2D eigenvalue weighted by Gasteiger charge is -2.13. The predicted molar refractivity (Wildman–Crippen MR) is 81.6 cm³/mol. The van der Waals surface area contributed by atoms with E-state index >= 15 is 0 Å². The number of anilines is 1. The number of fused-ring (bicyclic) bond motifs is 1. The Morgan fingerprint density at radius 1 is 1.24 bits per heavy atom. The molecule has 2 N–H and O–H groups in total. The summed E-state index contributed by atoms with van der Waals surface area (Å²) in [4.78, 5) is 23.3. The molecular formula is C16H18N2O3. The lowest BCUT2D eigenvalue weighted by molar-refractivity contribution is 0.248. The Morgan fingerprint density at radius 3 is 2.76 bits per heavy atom. The van der Waals surface area contributed by atoms with Crippen molar-refractivity contribution in [2.75, 3.05) is 5.32 Å². The summed E-state index contributed by atoms with van der Waals surface area (Å²) in [5.74, 6) is 0. The highest BCUT2D eigenvalue weighted by Crippen LogP contribution is 2.21. The Bertz CT molecular complexity index is 730. The normalized spacial score (nSPS) is 15.3. The minimum Gasteiger partial charge on any atom is -0.423 e. The van der Waals surface area contributed by atoms with Crippen molar-refractivity contribution in [1.29, 1.82) is 0 Å². The smallest absolute Gasteiger partial charge is 0.336 e. The molecule has 110 valence electrons. The number of benzene rings is 1. The summed E-state index contributed by atoms with van der Waals surface area (Å²) in [6.07, 6.45) is 4.43. The third-order valence-corrected chi connectivity index (χ3v) is 3.90. The van der Waals surface area contributed by atoms with Gasteiger partial charge in [0.2, 0.25) is 0 Å². The Kier molecular flexibility index (Phi) is 3.64. The monoisotopic (exact) mass is 286 g/mol. The Labute approximate surface area is 122 Å². The van der Waals surface area contributed by atoms with Gasteiger partial charge < -0.3 is 15.1 Å². The highest BCUT2D eigenvalue weighted by atomic mass is 16.4. The fraction of sp³-hybridized carbons (Fsp3) is 0.375. The largest absolute Gasteiger partial charge is 0.423 e. The van der Waals surface area contributed by atoms with Gasteiger partial charge in [0.25, 0.3) is 0 Å². The van der Waals surface area contributed by atoms with Crippen LogP contribution in [0.4, 0.5) is 10.5 Å². The van der Waals surface area contributed by atoms with E-state index in [1.54, 1.807) is 6.07 Å². The highest BCUT2D eigenvalue weighted by Gasteiger charge is 2.17. The number of urea groups is 1. The van der Waals surface area contributed by atoms with Crippen LogP contribution in [0.1, 0.15) is 31.2 Å². The molecule has 5 nitrogen and oxygen atoms in total. The average molecular weight is 286 g/mol. The van der Waals surface area contributed by atoms with E-state index in [1.165, 1.54) is 18.9 Å². The van der Waals surface area contributed by atoms with E-state index in [0.29, 0.717) is 11.3 Å². The molecule has 5 heteroatoms. The first kappa shape index (κ1) is 13.7. The summed E-state index contributed by atoms with van der Waals surface area (Å²) >= 11 is 0. The van der Waals surface area contributed by atoms with Gasteiger partial charge in [-0.2, -0.15) is 0 Å². The van der Waals surface area contributed by atoms with Crippen molar-refractivity contribution >= 4 is 22.7 Å². The fourth-order valence-corrected chi connectivity index (χ4v) is 2.83. The lowest BCUT2D eigenvalue weighted by atomic mass is 10.1. The Hall–Kier alpha value is -2.30. The quantitative estimate of drug-likeness (QED) is 0.833. The van der Waals surface area contributed by atoms with Crippen LogP contribution >= 0.6 is 0 Å². The molecule has 0 spiro atoms. The summed E-state index contributed by atoms with van der Waals surface area (Å²) in [7, 11) is 0. The number of carbonyl (C=O) groups is 1. The van der Waals surface area contributed by atoms with E-state index in [-0.39, 0.29) is 17.7 Å². The third-order valence-electron chi connectivity index (χ3n) is 3.90. The van der Waals surface area contributed by atoms with Crippen LogP contribution in [0.3, 0.4) is 0 Å². The SMILES string of the molecule is Cc1cc(=O)oc2cc(NC(=O)NC3CCCC3)ccc12. The molecule has 0 atom stereocenters. The Balaban J connectivity index is 1.77. The molecule has 1 aliphatic rings. The first-order valence-electron chi connectivity index (χ1n) is 7.24. The molecule has 3 rings (SSSR count). The van der Waals surface area contributed by atoms with Crippen molar-refractivity contribution < 1.29 is 9.21 Å². The van der Waals surface area contributed by atoms with Gasteiger partial charge in [0, 0.05) is 29.2 Å². The van der Waals surface area contributed by atoms with Crippen LogP contribution in [0.5, 0.6) is 0 Å². The molecule has 2 aromatic rings. The van der Waals surface area contributed by atoms with Crippen molar-refractivity contribution in [3.8, 4) is 0 Å². The van der Waals surface area contributed by atoms with Gasteiger partial charge in [-0.15, -0.1) is 0 Å². The zero-order valence-electron chi connectivity index (χ0n) is 11.9. The van der Waals surface area contributed by atoms with E-state index in [0.717, 1.165) is 23.8 Å². The van der Waals surface area contributed by atoms with Gasteiger partial charge in [0.05, 0.1) is 0 Å². The maximum atomic E-state index is 11.9. The van der Waals surface area contributed by atoms with Gasteiger partial charge in [0.1, 0.15) is 5.58 Å². The van der Waals surface area contributed by atoms with E-state index < -0.39 is 0 Å². The van der Waals surface area contributed by atoms with E-state index in [2.05, 4.69) is 10.6 Å². The minimum absolute atomic E-state index is 0.212. The molecular weight excluding hydrogens is 268 g/mol. The van der Waals surface area contributed by atoms with Crippen LogP contribution in [0.2, 0.25) is 0 Å². The van der Waals surface area contributed by atoms with Gasteiger partial charge in [-0.25, -0.2) is 9.59 Å². The highest BCUT2D eigenvalue weighted by molar-refractivity contribution is 5.92. The Morgan fingerprint density at radius 2 is 2.00 bits per heavy atom. The van der Waals surface area contributed by atoms with Crippen molar-refractivity contribution in [2.24, 2.45) is 0 Å². The molecule has 1 aliphatic carbocycles. The van der Waals surface area contributed by atoms with E-state index in [1.807, 2.05) is 19.1 Å². The van der Waals surface area contributed by atoms with Gasteiger partial charge in [0.15, 0.2) is 0 Å². The summed E-state index contributed by atoms with van der Waals surface area (Å²) in [6.45, 7) is 1.86. The number of aryl methyl sites for hydroxylation is 1. The number of nitrogens with one attached hydrogen (secondary N) is 2. The van der Waals surface area contributed by atoms with Gasteiger partial charge in [-0.05, 0) is 37.5 Å². The van der Waals surface area contributed by atoms with E-state index in [9.17, 15) is 9.59 Å². The maximum absolute atomic E-state index is 11.9. The number of hydrogen-bond acceptors (Lipinski definition) is 3. The van der Waals surface area contributed by atoms with Gasteiger partial charge in [-0.3, -0.25) is 0 Å². The van der Waals surface area contributed by atoms with E-state index in [4.69, 9.17) is 4.42 Å². The molecule has 0 aliphatic heterocycles. The molecule has 1 aromatic heterocycles. The number of carbonyl (C=O) groups excluding carboxylic acids is 1. The predicted octanol–water partition coefficient (Wildman–Crippen LogP) is 3.17. The second kappa shape index (κ2) is 5.60. The zero-order chi connectivity index (χ0) is 14.8. The molecule has 1 fully saturated rings. The van der Waals surface area contributed by atoms with Crippen LogP contribution in [0.15, 0.2) is 33.5 Å². The summed E-state index contributed by atoms with van der Waals surface area (Å²) in [5, 5.41) is 6.62. The summed E-state index contributed by atoms with van der Waals surface area (Å²) in [5.41, 5.74) is 1.58. The standard InChI is InChI=1S/C16H18N2O3/c1-10-8-15(19)21-14-9-12(6-7-13(10)14)18-16(20)17-11-4-2-3-5-11/h6-9,11H,2-5H2,1H3,(H2,17,18,20). The molecule has 0 unspecified atom stereocenters. The minimum atomic E-state index is -0.382. The molecule has 0 bridgehead atoms. The van der Waals surface area contributed by atoms with Crippen LogP contribution in [-0.2, 0) is 0 Å². The second-order valence-electron chi connectivity index (χ2n) is 5.54. The molecule has 21 heavy (non-hydrogen) atoms. The molecule has 1 heterocycles. The van der Waals surface area contributed by atoms with Gasteiger partial charge in [-0.1, -0.05) is 12.8 Å². The van der Waals surface area contributed by atoms with Crippen LogP contribution < -0.4 is 16.3 Å². The van der Waals surface area contributed by atoms with Crippen LogP contribution in [0.25, 0.3) is 11.0 Å². The van der Waals surface area contributed by atoms with Gasteiger partial charge >= 0.3 is 11.7 Å². The maximum Gasteiger partial charge on any atom is 0.336 e. The average Bonchev–Trinajstić information content (AvgIpc) is 2.90. The first-order chi connectivity index (χ1) is 10.1. The van der Waals surface area contributed by atoms with Crippen LogP contribution in [-0.4, -0.2) is 12.1 Å². The van der Waals surface area contributed by atoms with Crippen LogP contribution in [0, 0.1) is 6.92 Å². The third kappa shape index (κ3) is 3.07. The lowest BCUT2D eigenvalue weighted by Crippen LogP contribution is -2.36. The number of rotatable bonds is 2. The first-order valence-corrected chi connectivity index (χ1v) is 7.24. The fourth-order valence-electron chi connectivity index (χ4n) is 2.83. The molecule has 1 saturated carbocycles. The number of amides is 2. The topological polar surface area (TPSA) is 71.3 Å². The zero-order valence-corrected chi connectivity index (χ0v) is 11.9.